The molecule has 1 unspecified atom stereocenters. The van der Waals surface area contributed by atoms with Gasteiger partial charge in [0.15, 0.2) is 0 Å². The smallest absolute Gasteiger partial charge is 0.387 e. The van der Waals surface area contributed by atoms with Crippen LogP contribution in [0.5, 0.6) is 0 Å². The number of likely N-dealkylation sites (N-methyl/N-ethyl adjacent to an activating group) is 1. The molecule has 0 radical (unpaired) electrons. The molecule has 0 bridgehead atoms. The van der Waals surface area contributed by atoms with Crippen LogP contribution in [0.1, 0.15) is 196 Å². The number of carbonyl (C=O) groups excluding carboxylic acids is 1. The highest BCUT2D eigenvalue weighted by Gasteiger charge is 2.27. The SMILES string of the molecule is [2H]C([2H])(/C=C/[C@@H](O)[C@H](COP(=O)(O)OCC[N+](C)(C)C)NC(=O)CCCCCCCCCCCCCCCCC)CCCCCCCCCCCC. The summed E-state index contributed by atoms with van der Waals surface area (Å²) in [6.45, 7) is 4.54. The van der Waals surface area contributed by atoms with Crippen molar-refractivity contribution < 1.29 is 35.6 Å². The number of quaternary nitrogens is 1. The summed E-state index contributed by atoms with van der Waals surface area (Å²) in [7, 11) is 1.39. The van der Waals surface area contributed by atoms with E-state index in [0.717, 1.165) is 38.5 Å². The molecule has 0 aliphatic carbocycles. The van der Waals surface area contributed by atoms with Crippen molar-refractivity contribution in [2.45, 2.75) is 206 Å². The zero-order valence-corrected chi connectivity index (χ0v) is 34.3. The molecule has 0 rings (SSSR count). The van der Waals surface area contributed by atoms with Crippen LogP contribution in [-0.4, -0.2) is 73.4 Å². The Balaban J connectivity index is 4.70. The maximum atomic E-state index is 12.9. The van der Waals surface area contributed by atoms with Crippen molar-refractivity contribution in [3.63, 3.8) is 0 Å². The quantitative estimate of drug-likeness (QED) is 0.0252. The van der Waals surface area contributed by atoms with Gasteiger partial charge >= 0.3 is 7.82 Å². The van der Waals surface area contributed by atoms with E-state index in [1.54, 1.807) is 0 Å². The van der Waals surface area contributed by atoms with Gasteiger partial charge in [-0.1, -0.05) is 180 Å². The lowest BCUT2D eigenvalue weighted by Crippen LogP contribution is -2.45. The molecule has 0 aliphatic rings. The molecule has 9 heteroatoms. The monoisotopic (exact) mass is 734 g/mol. The van der Waals surface area contributed by atoms with Crippen LogP contribution >= 0.6 is 7.82 Å². The molecule has 298 valence electrons. The molecular weight excluding hydrogens is 647 g/mol. The number of nitrogens with zero attached hydrogens (tertiary/aromatic N) is 1. The van der Waals surface area contributed by atoms with E-state index >= 15 is 0 Å². The Hall–Kier alpha value is -0.760. The highest BCUT2D eigenvalue weighted by atomic mass is 31.2. The van der Waals surface area contributed by atoms with Crippen LogP contribution in [0.4, 0.5) is 0 Å². The maximum Gasteiger partial charge on any atom is 0.472 e. The van der Waals surface area contributed by atoms with Gasteiger partial charge in [0.2, 0.25) is 5.91 Å². The first-order chi connectivity index (χ1) is 24.7. The number of unbranched alkanes of at least 4 members (excludes halogenated alkanes) is 23. The topological polar surface area (TPSA) is 105 Å². The summed E-state index contributed by atoms with van der Waals surface area (Å²) < 4.78 is 40.3. The zero-order valence-electron chi connectivity index (χ0n) is 35.4. The fraction of sp³-hybridized carbons (Fsp3) is 0.927. The Bertz CT molecular complexity index is 918. The number of rotatable bonds is 38. The maximum absolute atomic E-state index is 12.9. The Labute approximate surface area is 313 Å². The van der Waals surface area contributed by atoms with Crippen molar-refractivity contribution in [3.8, 4) is 0 Å². The average molecular weight is 734 g/mol. The lowest BCUT2D eigenvalue weighted by Gasteiger charge is -2.25. The number of allylic oxidation sites excluding steroid dienone is 1. The molecule has 0 spiro atoms. The summed E-state index contributed by atoms with van der Waals surface area (Å²) in [5, 5.41) is 13.8. The summed E-state index contributed by atoms with van der Waals surface area (Å²) >= 11 is 0. The third-order valence-electron chi connectivity index (χ3n) is 9.29. The molecule has 0 aliphatic heterocycles. The lowest BCUT2D eigenvalue weighted by molar-refractivity contribution is -0.870. The summed E-state index contributed by atoms with van der Waals surface area (Å²) in [5.74, 6) is -0.275. The first-order valence-corrected chi connectivity index (χ1v) is 22.3. The highest BCUT2D eigenvalue weighted by Crippen LogP contribution is 2.43. The van der Waals surface area contributed by atoms with Crippen molar-refractivity contribution in [3.05, 3.63) is 12.2 Å². The van der Waals surface area contributed by atoms with Crippen molar-refractivity contribution in [1.29, 1.82) is 0 Å². The number of carbonyl (C=O) groups is 1. The van der Waals surface area contributed by atoms with Gasteiger partial charge in [-0.25, -0.2) is 4.57 Å². The van der Waals surface area contributed by atoms with Crippen LogP contribution in [0.3, 0.4) is 0 Å². The van der Waals surface area contributed by atoms with E-state index in [2.05, 4.69) is 19.2 Å². The summed E-state index contributed by atoms with van der Waals surface area (Å²) in [6.07, 6.45) is 30.6. The molecule has 0 saturated heterocycles. The van der Waals surface area contributed by atoms with Crippen molar-refractivity contribution in [2.75, 3.05) is 40.9 Å². The number of hydrogen-bond acceptors (Lipinski definition) is 5. The van der Waals surface area contributed by atoms with Crippen LogP contribution in [0.15, 0.2) is 12.2 Å². The Morgan fingerprint density at radius 1 is 0.700 bits per heavy atom. The van der Waals surface area contributed by atoms with Crippen LogP contribution in [0.2, 0.25) is 0 Å². The van der Waals surface area contributed by atoms with Gasteiger partial charge in [0, 0.05) is 9.16 Å². The van der Waals surface area contributed by atoms with E-state index in [9.17, 15) is 19.4 Å². The van der Waals surface area contributed by atoms with E-state index < -0.39 is 32.9 Å². The van der Waals surface area contributed by atoms with Crippen molar-refractivity contribution in [2.24, 2.45) is 0 Å². The van der Waals surface area contributed by atoms with E-state index in [1.165, 1.54) is 134 Å². The number of nitrogens with one attached hydrogen (secondary N) is 1. The normalized spacial score (nSPS) is 15.5. The van der Waals surface area contributed by atoms with Crippen LogP contribution < -0.4 is 5.32 Å². The molecule has 0 fully saturated rings. The number of aliphatic hydroxyl groups is 1. The van der Waals surface area contributed by atoms with Crippen LogP contribution in [0, 0.1) is 0 Å². The second-order valence-electron chi connectivity index (χ2n) is 15.5. The summed E-state index contributed by atoms with van der Waals surface area (Å²) in [5.41, 5.74) is 0. The molecule has 1 amide bonds. The first-order valence-electron chi connectivity index (χ1n) is 21.8. The number of hydrogen-bond donors (Lipinski definition) is 3. The molecule has 0 saturated carbocycles. The molecule has 3 N–H and O–H groups in total. The molecular formula is C41H84N2O6P+. The molecule has 50 heavy (non-hydrogen) atoms. The van der Waals surface area contributed by atoms with Gasteiger partial charge in [0.05, 0.1) is 39.9 Å². The standard InChI is InChI=1S/C41H83N2O6P/c1-6-8-10-12-14-16-18-20-21-23-25-27-29-31-33-35-41(45)42-39(38-49-50(46,47)48-37-36-43(3,4)5)40(44)34-32-30-28-26-24-22-19-17-15-13-11-9-7-2/h32,34,39-40,44H,6-31,33,35-38H2,1-5H3,(H-,42,45,46,47)/p+1/b34-32+/t39-,40+/m0/s1/i30D2. The average Bonchev–Trinajstić information content (AvgIpc) is 3.07. The van der Waals surface area contributed by atoms with Gasteiger partial charge < -0.3 is 19.8 Å². The minimum atomic E-state index is -4.43. The van der Waals surface area contributed by atoms with Gasteiger partial charge in [-0.2, -0.15) is 0 Å². The predicted molar refractivity (Wildman–Crippen MR) is 212 cm³/mol. The Morgan fingerprint density at radius 2 is 1.10 bits per heavy atom. The molecule has 0 aromatic carbocycles. The van der Waals surface area contributed by atoms with Crippen LogP contribution in [-0.2, 0) is 18.4 Å². The van der Waals surface area contributed by atoms with Crippen molar-refractivity contribution in [1.82, 2.24) is 5.32 Å². The van der Waals surface area contributed by atoms with Gasteiger partial charge in [-0.15, -0.1) is 0 Å². The molecule has 0 aromatic heterocycles. The second kappa shape index (κ2) is 34.0. The lowest BCUT2D eigenvalue weighted by atomic mass is 10.0. The number of phosphoric ester groups is 1. The fourth-order valence-corrected chi connectivity index (χ4v) is 6.64. The van der Waals surface area contributed by atoms with E-state index in [-0.39, 0.29) is 18.9 Å². The van der Waals surface area contributed by atoms with Gasteiger partial charge in [0.1, 0.15) is 13.2 Å². The van der Waals surface area contributed by atoms with Gasteiger partial charge in [-0.3, -0.25) is 13.8 Å². The second-order valence-corrected chi connectivity index (χ2v) is 16.9. The Morgan fingerprint density at radius 3 is 1.52 bits per heavy atom. The van der Waals surface area contributed by atoms with E-state index in [0.29, 0.717) is 17.4 Å². The molecule has 8 nitrogen and oxygen atoms in total. The minimum Gasteiger partial charge on any atom is -0.387 e. The number of aliphatic hydroxyl groups excluding tert-OH is 1. The highest BCUT2D eigenvalue weighted by molar-refractivity contribution is 7.47. The largest absolute Gasteiger partial charge is 0.472 e. The third-order valence-corrected chi connectivity index (χ3v) is 10.3. The molecule has 3 atom stereocenters. The number of amides is 1. The summed E-state index contributed by atoms with van der Waals surface area (Å²) in [6, 6.07) is -1.03. The first kappa shape index (κ1) is 45.4. The molecule has 0 heterocycles. The number of phosphoric acid groups is 1. The zero-order chi connectivity index (χ0) is 39.0. The third kappa shape index (κ3) is 35.6. The van der Waals surface area contributed by atoms with Gasteiger partial charge in [0.25, 0.3) is 0 Å². The predicted octanol–water partition coefficient (Wildman–Crippen LogP) is 11.2. The van der Waals surface area contributed by atoms with Gasteiger partial charge in [-0.05, 0) is 19.2 Å². The summed E-state index contributed by atoms with van der Waals surface area (Å²) in [4.78, 5) is 23.1. The fourth-order valence-electron chi connectivity index (χ4n) is 5.90. The molecule has 0 aromatic rings. The van der Waals surface area contributed by atoms with Crippen molar-refractivity contribution >= 4 is 13.7 Å². The van der Waals surface area contributed by atoms with E-state index in [1.807, 2.05) is 21.1 Å². The van der Waals surface area contributed by atoms with Crippen LogP contribution in [0.25, 0.3) is 0 Å². The minimum absolute atomic E-state index is 0.00905. The van der Waals surface area contributed by atoms with E-state index in [4.69, 9.17) is 11.8 Å². The Kier molecular flexibility index (Phi) is 30.9.